The van der Waals surface area contributed by atoms with Gasteiger partial charge in [-0.15, -0.1) is 0 Å². The van der Waals surface area contributed by atoms with Crippen LogP contribution in [0.1, 0.15) is 36.4 Å². The van der Waals surface area contributed by atoms with Crippen molar-refractivity contribution in [3.05, 3.63) is 54.0 Å². The molecule has 5 heteroatoms. The number of aryl methyl sites for hydroxylation is 1. The third-order valence-corrected chi connectivity index (χ3v) is 4.58. The van der Waals surface area contributed by atoms with Crippen LogP contribution in [0.3, 0.4) is 0 Å². The quantitative estimate of drug-likeness (QED) is 0.943. The normalized spacial score (nSPS) is 24.0. The molecule has 5 nitrogen and oxygen atoms in total. The molecule has 0 unspecified atom stereocenters. The summed E-state index contributed by atoms with van der Waals surface area (Å²) in [5.41, 5.74) is 2.25. The van der Waals surface area contributed by atoms with E-state index in [2.05, 4.69) is 26.3 Å². The minimum atomic E-state index is 0.0293. The summed E-state index contributed by atoms with van der Waals surface area (Å²) >= 11 is 0. The molecular formula is C18H20N4O. The van der Waals surface area contributed by atoms with Gasteiger partial charge in [0.1, 0.15) is 5.82 Å². The number of anilines is 1. The predicted octanol–water partition coefficient (Wildman–Crippen LogP) is 2.70. The van der Waals surface area contributed by atoms with Crippen molar-refractivity contribution in [2.45, 2.75) is 44.3 Å². The lowest BCUT2D eigenvalue weighted by molar-refractivity contribution is -0.129. The second-order valence-corrected chi connectivity index (χ2v) is 6.44. The van der Waals surface area contributed by atoms with Gasteiger partial charge < -0.3 is 10.2 Å². The average molecular weight is 308 g/mol. The number of carbonyl (C=O) groups excluding carboxylic acids is 1. The van der Waals surface area contributed by atoms with Crippen LogP contribution in [-0.2, 0) is 4.79 Å². The highest BCUT2D eigenvalue weighted by Crippen LogP contribution is 2.42. The maximum absolute atomic E-state index is 12.6. The number of nitrogens with zero attached hydrogens (tertiary/aromatic N) is 3. The lowest BCUT2D eigenvalue weighted by atomic mass is 10.0. The van der Waals surface area contributed by atoms with Crippen molar-refractivity contribution < 1.29 is 4.79 Å². The number of rotatable bonds is 4. The minimum absolute atomic E-state index is 0.0293. The highest BCUT2D eigenvalue weighted by molar-refractivity contribution is 5.82. The molecule has 0 radical (unpaired) electrons. The van der Waals surface area contributed by atoms with Crippen LogP contribution in [0.25, 0.3) is 0 Å². The first-order valence-corrected chi connectivity index (χ1v) is 8.12. The van der Waals surface area contributed by atoms with Crippen LogP contribution in [0.15, 0.2) is 42.9 Å². The van der Waals surface area contributed by atoms with Crippen LogP contribution in [0.2, 0.25) is 0 Å². The van der Waals surface area contributed by atoms with Gasteiger partial charge in [-0.2, -0.15) is 0 Å². The topological polar surface area (TPSA) is 58.1 Å². The van der Waals surface area contributed by atoms with Crippen LogP contribution >= 0.6 is 0 Å². The van der Waals surface area contributed by atoms with Crippen LogP contribution < -0.4 is 5.32 Å². The molecule has 0 bridgehead atoms. The zero-order valence-corrected chi connectivity index (χ0v) is 13.1. The number of amides is 1. The number of aromatic nitrogens is 2. The summed E-state index contributed by atoms with van der Waals surface area (Å²) < 4.78 is 0. The van der Waals surface area contributed by atoms with E-state index in [4.69, 9.17) is 0 Å². The Kier molecular flexibility index (Phi) is 3.48. The van der Waals surface area contributed by atoms with Crippen molar-refractivity contribution in [1.82, 2.24) is 14.9 Å². The third-order valence-electron chi connectivity index (χ3n) is 4.58. The number of pyridine rings is 2. The molecule has 1 amide bonds. The van der Waals surface area contributed by atoms with Crippen molar-refractivity contribution in [2.75, 3.05) is 5.32 Å². The van der Waals surface area contributed by atoms with Crippen LogP contribution in [0.4, 0.5) is 5.82 Å². The first-order chi connectivity index (χ1) is 11.2. The highest BCUT2D eigenvalue weighted by atomic mass is 16.2. The monoisotopic (exact) mass is 308 g/mol. The second kappa shape index (κ2) is 5.65. The molecule has 3 heterocycles. The van der Waals surface area contributed by atoms with Gasteiger partial charge in [0.15, 0.2) is 0 Å². The molecule has 0 spiro atoms. The molecule has 2 aromatic heterocycles. The van der Waals surface area contributed by atoms with E-state index in [0.717, 1.165) is 29.8 Å². The standard InChI is InChI=1S/C18H20N4O/c1-12-6-8-20-16(9-12)21-15-10-17(23)22(14-4-5-14)18(15)13-3-2-7-19-11-13/h2-3,6-9,11,14-15,18H,4-5,10H2,1H3,(H,20,21)/t15-,18+/m1/s1. The lowest BCUT2D eigenvalue weighted by Gasteiger charge is -2.29. The van der Waals surface area contributed by atoms with Crippen molar-refractivity contribution in [2.24, 2.45) is 0 Å². The van der Waals surface area contributed by atoms with Gasteiger partial charge in [-0.25, -0.2) is 4.98 Å². The van der Waals surface area contributed by atoms with Crippen molar-refractivity contribution >= 4 is 11.7 Å². The Balaban J connectivity index is 1.65. The van der Waals surface area contributed by atoms with E-state index in [9.17, 15) is 4.79 Å². The number of likely N-dealkylation sites (tertiary alicyclic amines) is 1. The van der Waals surface area contributed by atoms with E-state index in [1.54, 1.807) is 12.4 Å². The lowest BCUT2D eigenvalue weighted by Crippen LogP contribution is -2.34. The summed E-state index contributed by atoms with van der Waals surface area (Å²) in [4.78, 5) is 23.2. The van der Waals surface area contributed by atoms with E-state index in [1.165, 1.54) is 0 Å². The molecule has 1 saturated carbocycles. The molecule has 2 atom stereocenters. The van der Waals surface area contributed by atoms with Gasteiger partial charge in [-0.05, 0) is 49.1 Å². The molecule has 1 aliphatic carbocycles. The van der Waals surface area contributed by atoms with Gasteiger partial charge in [-0.1, -0.05) is 6.07 Å². The van der Waals surface area contributed by atoms with Crippen LogP contribution in [-0.4, -0.2) is 32.9 Å². The summed E-state index contributed by atoms with van der Waals surface area (Å²) in [5, 5.41) is 3.47. The van der Waals surface area contributed by atoms with Crippen LogP contribution in [0.5, 0.6) is 0 Å². The van der Waals surface area contributed by atoms with E-state index < -0.39 is 0 Å². The average Bonchev–Trinajstić information content (AvgIpc) is 3.32. The smallest absolute Gasteiger partial charge is 0.225 e. The minimum Gasteiger partial charge on any atom is -0.364 e. The fourth-order valence-electron chi connectivity index (χ4n) is 3.42. The number of carbonyl (C=O) groups is 1. The molecule has 4 rings (SSSR count). The van der Waals surface area contributed by atoms with Crippen molar-refractivity contribution in [3.63, 3.8) is 0 Å². The SMILES string of the molecule is Cc1ccnc(N[C@@H]2CC(=O)N(C3CC3)[C@H]2c2cccnc2)c1. The van der Waals surface area contributed by atoms with Gasteiger partial charge in [0, 0.05) is 31.1 Å². The van der Waals surface area contributed by atoms with Gasteiger partial charge in [0.2, 0.25) is 5.91 Å². The number of hydrogen-bond acceptors (Lipinski definition) is 4. The van der Waals surface area contributed by atoms with Gasteiger partial charge in [0.25, 0.3) is 0 Å². The molecule has 23 heavy (non-hydrogen) atoms. The first kappa shape index (κ1) is 14.2. The number of hydrogen-bond donors (Lipinski definition) is 1. The van der Waals surface area contributed by atoms with Crippen LogP contribution in [0, 0.1) is 6.92 Å². The number of nitrogens with one attached hydrogen (secondary N) is 1. The first-order valence-electron chi connectivity index (χ1n) is 8.12. The summed E-state index contributed by atoms with van der Waals surface area (Å²) in [6.45, 7) is 2.04. The maximum Gasteiger partial charge on any atom is 0.225 e. The van der Waals surface area contributed by atoms with Crippen molar-refractivity contribution in [3.8, 4) is 0 Å². The van der Waals surface area contributed by atoms with Gasteiger partial charge in [-0.3, -0.25) is 9.78 Å². The second-order valence-electron chi connectivity index (χ2n) is 6.44. The van der Waals surface area contributed by atoms with E-state index in [0.29, 0.717) is 12.5 Å². The van der Waals surface area contributed by atoms with E-state index in [-0.39, 0.29) is 18.0 Å². The molecule has 2 fully saturated rings. The fraction of sp³-hybridized carbons (Fsp3) is 0.389. The molecule has 0 aromatic carbocycles. The molecular weight excluding hydrogens is 288 g/mol. The largest absolute Gasteiger partial charge is 0.364 e. The molecule has 118 valence electrons. The molecule has 2 aromatic rings. The molecule has 1 saturated heterocycles. The Hall–Kier alpha value is -2.43. The van der Waals surface area contributed by atoms with Gasteiger partial charge in [0.05, 0.1) is 12.1 Å². The Morgan fingerprint density at radius 3 is 2.83 bits per heavy atom. The molecule has 2 aliphatic rings. The molecule has 1 N–H and O–H groups in total. The summed E-state index contributed by atoms with van der Waals surface area (Å²) in [6.07, 6.45) is 8.16. The third kappa shape index (κ3) is 2.79. The van der Waals surface area contributed by atoms with Crippen molar-refractivity contribution in [1.29, 1.82) is 0 Å². The van der Waals surface area contributed by atoms with Gasteiger partial charge >= 0.3 is 0 Å². The molecule has 1 aliphatic heterocycles. The Morgan fingerprint density at radius 2 is 2.13 bits per heavy atom. The summed E-state index contributed by atoms with van der Waals surface area (Å²) in [7, 11) is 0. The highest BCUT2D eigenvalue weighted by Gasteiger charge is 2.47. The maximum atomic E-state index is 12.6. The zero-order chi connectivity index (χ0) is 15.8. The Labute approximate surface area is 135 Å². The summed E-state index contributed by atoms with van der Waals surface area (Å²) in [6, 6.07) is 8.44. The Morgan fingerprint density at radius 1 is 1.26 bits per heavy atom. The van der Waals surface area contributed by atoms with E-state index in [1.807, 2.05) is 31.3 Å². The fourth-order valence-corrected chi connectivity index (χ4v) is 3.42. The summed E-state index contributed by atoms with van der Waals surface area (Å²) in [5.74, 6) is 1.06. The predicted molar refractivity (Wildman–Crippen MR) is 87.8 cm³/mol. The Bertz CT molecular complexity index is 714. The van der Waals surface area contributed by atoms with E-state index >= 15 is 0 Å². The zero-order valence-electron chi connectivity index (χ0n) is 13.1.